The third-order valence-electron chi connectivity index (χ3n) is 6.50. The highest BCUT2D eigenvalue weighted by Gasteiger charge is 2.39. The molecule has 6 rings (SSSR count). The van der Waals surface area contributed by atoms with Crippen molar-refractivity contribution in [3.8, 4) is 28.7 Å². The summed E-state index contributed by atoms with van der Waals surface area (Å²) in [6.45, 7) is 6.78. The zero-order chi connectivity index (χ0) is 20.6. The van der Waals surface area contributed by atoms with E-state index in [2.05, 4.69) is 87.5 Å². The van der Waals surface area contributed by atoms with Crippen LogP contribution in [0.1, 0.15) is 31.9 Å². The predicted molar refractivity (Wildman–Crippen MR) is 124 cm³/mol. The molecule has 0 spiro atoms. The lowest BCUT2D eigenvalue weighted by Crippen LogP contribution is -2.57. The van der Waals surface area contributed by atoms with E-state index in [1.165, 1.54) is 38.5 Å². The molecule has 4 aromatic rings. The van der Waals surface area contributed by atoms with Crippen molar-refractivity contribution in [1.29, 1.82) is 5.26 Å². The summed E-state index contributed by atoms with van der Waals surface area (Å²) in [6, 6.07) is 25.8. The van der Waals surface area contributed by atoms with Gasteiger partial charge in [0.25, 0.3) is 6.71 Å². The summed E-state index contributed by atoms with van der Waals surface area (Å²) < 4.78 is 6.39. The van der Waals surface area contributed by atoms with E-state index in [-0.39, 0.29) is 12.1 Å². The van der Waals surface area contributed by atoms with Gasteiger partial charge in [-0.3, -0.25) is 0 Å². The molecule has 0 unspecified atom stereocenters. The third kappa shape index (κ3) is 2.25. The summed E-state index contributed by atoms with van der Waals surface area (Å²) in [4.78, 5) is 0. The molecule has 0 saturated heterocycles. The van der Waals surface area contributed by atoms with Crippen LogP contribution in [0.4, 0.5) is 0 Å². The lowest BCUT2D eigenvalue weighted by Gasteiger charge is -2.34. The first-order valence-corrected chi connectivity index (χ1v) is 10.4. The molecule has 0 amide bonds. The van der Waals surface area contributed by atoms with Crippen molar-refractivity contribution >= 4 is 33.9 Å². The predicted octanol–water partition coefficient (Wildman–Crippen LogP) is 4.61. The Kier molecular flexibility index (Phi) is 3.34. The Labute approximate surface area is 176 Å². The fourth-order valence-corrected chi connectivity index (χ4v) is 5.07. The van der Waals surface area contributed by atoms with Crippen LogP contribution >= 0.6 is 0 Å². The van der Waals surface area contributed by atoms with Gasteiger partial charge in [0.15, 0.2) is 0 Å². The minimum Gasteiger partial charge on any atom is -0.458 e. The van der Waals surface area contributed by atoms with Crippen molar-refractivity contribution in [2.45, 2.75) is 26.2 Å². The summed E-state index contributed by atoms with van der Waals surface area (Å²) in [6.07, 6.45) is 0. The first-order chi connectivity index (χ1) is 14.5. The van der Waals surface area contributed by atoms with Crippen LogP contribution < -0.4 is 21.1 Å². The number of nitrogens with zero attached hydrogens (tertiary/aromatic N) is 1. The van der Waals surface area contributed by atoms with Crippen LogP contribution in [-0.4, -0.2) is 6.71 Å². The molecule has 4 aromatic carbocycles. The Hall–Kier alpha value is -3.51. The molecule has 0 atom stereocenters. The van der Waals surface area contributed by atoms with Crippen molar-refractivity contribution in [2.75, 3.05) is 0 Å². The van der Waals surface area contributed by atoms with Crippen LogP contribution in [0.3, 0.4) is 0 Å². The topological polar surface area (TPSA) is 33.0 Å². The van der Waals surface area contributed by atoms with Crippen molar-refractivity contribution in [1.82, 2.24) is 0 Å². The maximum atomic E-state index is 9.70. The van der Waals surface area contributed by atoms with E-state index in [0.717, 1.165) is 16.9 Å². The van der Waals surface area contributed by atoms with Gasteiger partial charge in [0.1, 0.15) is 11.5 Å². The second kappa shape index (κ2) is 5.77. The van der Waals surface area contributed by atoms with Gasteiger partial charge >= 0.3 is 0 Å². The van der Waals surface area contributed by atoms with Crippen LogP contribution in [-0.2, 0) is 5.41 Å². The van der Waals surface area contributed by atoms with Gasteiger partial charge in [-0.1, -0.05) is 68.7 Å². The van der Waals surface area contributed by atoms with Crippen LogP contribution in [0.15, 0.2) is 66.7 Å². The number of hydrogen-bond donors (Lipinski definition) is 0. The van der Waals surface area contributed by atoms with E-state index >= 15 is 0 Å². The van der Waals surface area contributed by atoms with E-state index < -0.39 is 0 Å². The summed E-state index contributed by atoms with van der Waals surface area (Å²) in [7, 11) is 0. The third-order valence-corrected chi connectivity index (χ3v) is 6.50. The molecule has 0 radical (unpaired) electrons. The summed E-state index contributed by atoms with van der Waals surface area (Å²) in [5.41, 5.74) is 8.10. The van der Waals surface area contributed by atoms with Crippen LogP contribution in [0.2, 0.25) is 0 Å². The molecule has 2 aliphatic rings. The van der Waals surface area contributed by atoms with Crippen molar-refractivity contribution in [3.63, 3.8) is 0 Å². The zero-order valence-corrected chi connectivity index (χ0v) is 17.3. The summed E-state index contributed by atoms with van der Waals surface area (Å²) >= 11 is 0. The number of ether oxygens (including phenoxy) is 1. The second-order valence-electron chi connectivity index (χ2n) is 9.34. The highest BCUT2D eigenvalue weighted by Crippen LogP contribution is 2.37. The molecule has 142 valence electrons. The van der Waals surface area contributed by atoms with E-state index in [1.807, 2.05) is 6.07 Å². The average Bonchev–Trinajstić information content (AvgIpc) is 2.74. The van der Waals surface area contributed by atoms with E-state index in [0.29, 0.717) is 5.56 Å². The molecule has 30 heavy (non-hydrogen) atoms. The molecule has 0 aliphatic carbocycles. The molecular formula is C27H20BNO. The molecule has 0 N–H and O–H groups in total. The first kappa shape index (κ1) is 17.4. The summed E-state index contributed by atoms with van der Waals surface area (Å²) in [5, 5.41) is 12.1. The molecule has 2 heterocycles. The van der Waals surface area contributed by atoms with Crippen LogP contribution in [0.5, 0.6) is 11.5 Å². The van der Waals surface area contributed by atoms with Gasteiger partial charge in [-0.05, 0) is 68.1 Å². The fraction of sp³-hybridized carbons (Fsp3) is 0.148. The smallest absolute Gasteiger partial charge is 0.252 e. The van der Waals surface area contributed by atoms with Gasteiger partial charge in [-0.2, -0.15) is 5.26 Å². The molecule has 0 aromatic heterocycles. The fourth-order valence-electron chi connectivity index (χ4n) is 5.07. The van der Waals surface area contributed by atoms with Gasteiger partial charge in [-0.25, -0.2) is 0 Å². The number of benzene rings is 4. The quantitative estimate of drug-likeness (QED) is 0.358. The Bertz CT molecular complexity index is 1420. The highest BCUT2D eigenvalue weighted by molar-refractivity contribution is 7.00. The van der Waals surface area contributed by atoms with E-state index in [9.17, 15) is 5.26 Å². The van der Waals surface area contributed by atoms with Gasteiger partial charge in [-0.15, -0.1) is 0 Å². The van der Waals surface area contributed by atoms with Crippen molar-refractivity contribution in [2.24, 2.45) is 0 Å². The van der Waals surface area contributed by atoms with E-state index in [4.69, 9.17) is 4.74 Å². The Morgan fingerprint density at radius 3 is 2.43 bits per heavy atom. The standard InChI is InChI=1S/C27H20BNO/c1-27(2,3)18-10-11-23-21(14-18)28-22-13-16(15-29)12-17-6-4-7-19(25(17)22)20-8-5-9-24(30-23)26(20)28/h4-14H,1-3H3. The number of hydrogen-bond acceptors (Lipinski definition) is 2. The summed E-state index contributed by atoms with van der Waals surface area (Å²) in [5.74, 6) is 1.83. The minimum atomic E-state index is 0.0468. The molecular weight excluding hydrogens is 365 g/mol. The average molecular weight is 385 g/mol. The molecule has 2 nitrogen and oxygen atoms in total. The molecule has 0 bridgehead atoms. The highest BCUT2D eigenvalue weighted by atomic mass is 16.5. The monoisotopic (exact) mass is 385 g/mol. The van der Waals surface area contributed by atoms with Crippen molar-refractivity contribution in [3.05, 3.63) is 77.9 Å². The van der Waals surface area contributed by atoms with Crippen molar-refractivity contribution < 1.29 is 4.74 Å². The van der Waals surface area contributed by atoms with Gasteiger partial charge < -0.3 is 4.74 Å². The number of nitriles is 1. The SMILES string of the molecule is CC(C)(C)c1ccc2c(c1)B1c3c(cccc3-c3cccc4cc(C#N)cc1c34)O2. The molecule has 3 heteroatoms. The normalized spacial score (nSPS) is 13.3. The second-order valence-corrected chi connectivity index (χ2v) is 9.34. The van der Waals surface area contributed by atoms with Crippen LogP contribution in [0.25, 0.3) is 21.9 Å². The Balaban J connectivity index is 1.77. The lowest BCUT2D eigenvalue weighted by molar-refractivity contribution is 0.486. The lowest BCUT2D eigenvalue weighted by atomic mass is 9.32. The maximum Gasteiger partial charge on any atom is 0.252 e. The number of rotatable bonds is 0. The van der Waals surface area contributed by atoms with Gasteiger partial charge in [0.05, 0.1) is 11.6 Å². The van der Waals surface area contributed by atoms with E-state index in [1.54, 1.807) is 0 Å². The largest absolute Gasteiger partial charge is 0.458 e. The molecule has 0 saturated carbocycles. The maximum absolute atomic E-state index is 9.70. The first-order valence-electron chi connectivity index (χ1n) is 10.4. The zero-order valence-electron chi connectivity index (χ0n) is 17.3. The van der Waals surface area contributed by atoms with Crippen LogP contribution in [0, 0.1) is 11.3 Å². The minimum absolute atomic E-state index is 0.0468. The Morgan fingerprint density at radius 2 is 1.63 bits per heavy atom. The molecule has 2 aliphatic heterocycles. The molecule has 0 fully saturated rings. The number of fused-ring (bicyclic) bond motifs is 4. The van der Waals surface area contributed by atoms with Gasteiger partial charge in [0.2, 0.25) is 0 Å². The Morgan fingerprint density at radius 1 is 0.833 bits per heavy atom. The van der Waals surface area contributed by atoms with Gasteiger partial charge in [0, 0.05) is 0 Å².